The number of benzene rings is 2. The Morgan fingerprint density at radius 2 is 1.49 bits per heavy atom. The van der Waals surface area contributed by atoms with E-state index in [9.17, 15) is 27.9 Å². The second kappa shape index (κ2) is 10.3. The van der Waals surface area contributed by atoms with Crippen LogP contribution in [0.2, 0.25) is 0 Å². The lowest BCUT2D eigenvalue weighted by atomic mass is 9.98. The highest BCUT2D eigenvalue weighted by atomic mass is 19.4. The second-order valence-corrected chi connectivity index (χ2v) is 8.47. The molecule has 188 valence electrons. The molecule has 0 radical (unpaired) electrons. The number of likely N-dealkylation sites (tertiary alicyclic amines) is 1. The van der Waals surface area contributed by atoms with E-state index in [1.54, 1.807) is 0 Å². The fraction of sp³-hybridized carbons (Fsp3) is 0.375. The lowest BCUT2D eigenvalue weighted by Gasteiger charge is -2.23. The monoisotopic (exact) mass is 494 g/mol. The first kappa shape index (κ1) is 26.0. The van der Waals surface area contributed by atoms with Crippen LogP contribution in [0.15, 0.2) is 48.5 Å². The summed E-state index contributed by atoms with van der Waals surface area (Å²) in [5.74, 6) is -3.78. The van der Waals surface area contributed by atoms with Gasteiger partial charge in [0.05, 0.1) is 0 Å². The lowest BCUT2D eigenvalue weighted by Crippen LogP contribution is -2.41. The van der Waals surface area contributed by atoms with Crippen LogP contribution in [-0.2, 0) is 14.3 Å². The fourth-order valence-electron chi connectivity index (χ4n) is 4.30. The molecule has 2 aliphatic rings. The number of fused-ring (bicyclic) bond motifs is 3. The van der Waals surface area contributed by atoms with E-state index in [0.29, 0.717) is 13.0 Å². The normalized spacial score (nSPS) is 19.0. The average molecular weight is 494 g/mol. The maximum Gasteiger partial charge on any atom is 0.490 e. The Bertz CT molecular complexity index is 1060. The van der Waals surface area contributed by atoms with E-state index in [4.69, 9.17) is 14.6 Å². The Morgan fingerprint density at radius 1 is 1.00 bits per heavy atom. The molecule has 0 spiro atoms. The molecule has 1 fully saturated rings. The van der Waals surface area contributed by atoms with Crippen LogP contribution in [0.4, 0.5) is 18.0 Å². The van der Waals surface area contributed by atoms with Gasteiger partial charge >= 0.3 is 24.2 Å². The molecule has 0 aromatic heterocycles. The fourth-order valence-corrected chi connectivity index (χ4v) is 4.30. The van der Waals surface area contributed by atoms with Crippen LogP contribution in [0.3, 0.4) is 0 Å². The molecule has 2 N–H and O–H groups in total. The van der Waals surface area contributed by atoms with E-state index in [2.05, 4.69) is 24.3 Å². The molecule has 2 atom stereocenters. The van der Waals surface area contributed by atoms with Gasteiger partial charge < -0.3 is 19.8 Å². The zero-order chi connectivity index (χ0) is 25.9. The predicted octanol–water partition coefficient (Wildman–Crippen LogP) is 3.66. The van der Waals surface area contributed by atoms with Gasteiger partial charge in [-0.3, -0.25) is 4.90 Å². The Kier molecular flexibility index (Phi) is 7.69. The Morgan fingerprint density at radius 3 is 1.91 bits per heavy atom. The number of amides is 1. The summed E-state index contributed by atoms with van der Waals surface area (Å²) in [6, 6.07) is 15.4. The molecule has 0 unspecified atom stereocenters. The van der Waals surface area contributed by atoms with Crippen molar-refractivity contribution < 1.29 is 42.5 Å². The number of hydrogen-bond donors (Lipinski definition) is 2. The minimum absolute atomic E-state index is 0.0154. The van der Waals surface area contributed by atoms with Crippen LogP contribution < -0.4 is 0 Å². The van der Waals surface area contributed by atoms with Crippen LogP contribution in [0.25, 0.3) is 11.1 Å². The quantitative estimate of drug-likeness (QED) is 0.668. The number of carboxylic acids is 2. The van der Waals surface area contributed by atoms with Crippen LogP contribution in [-0.4, -0.2) is 83.6 Å². The number of likely N-dealkylation sites (N-methyl/N-ethyl adjacent to an activating group) is 1. The maximum absolute atomic E-state index is 12.7. The summed E-state index contributed by atoms with van der Waals surface area (Å²) in [4.78, 5) is 36.5. The molecule has 1 aliphatic heterocycles. The number of hydrogen-bond acceptors (Lipinski definition) is 5. The molecular formula is C24H25F3N2O6. The third-order valence-electron chi connectivity index (χ3n) is 6.11. The zero-order valence-electron chi connectivity index (χ0n) is 19.0. The van der Waals surface area contributed by atoms with Crippen molar-refractivity contribution in [2.45, 2.75) is 30.6 Å². The molecule has 0 saturated carbocycles. The molecule has 1 amide bonds. The summed E-state index contributed by atoms with van der Waals surface area (Å²) in [7, 11) is 3.79. The van der Waals surface area contributed by atoms with Crippen molar-refractivity contribution in [2.24, 2.45) is 0 Å². The number of ether oxygens (including phenoxy) is 1. The van der Waals surface area contributed by atoms with Crippen LogP contribution >= 0.6 is 0 Å². The molecule has 2 aromatic carbocycles. The Balaban J connectivity index is 0.000000429. The van der Waals surface area contributed by atoms with Gasteiger partial charge in [-0.05, 0) is 42.8 Å². The molecule has 0 bridgehead atoms. The first-order valence-corrected chi connectivity index (χ1v) is 10.7. The third kappa shape index (κ3) is 5.73. The van der Waals surface area contributed by atoms with Crippen LogP contribution in [0.5, 0.6) is 0 Å². The van der Waals surface area contributed by atoms with Crippen molar-refractivity contribution in [1.82, 2.24) is 9.80 Å². The summed E-state index contributed by atoms with van der Waals surface area (Å²) in [6.45, 7) is 0.559. The summed E-state index contributed by atoms with van der Waals surface area (Å²) >= 11 is 0. The van der Waals surface area contributed by atoms with Gasteiger partial charge in [0.25, 0.3) is 0 Å². The minimum Gasteiger partial charge on any atom is -0.480 e. The average Bonchev–Trinajstić information content (AvgIpc) is 3.38. The number of carbonyl (C=O) groups excluding carboxylic acids is 1. The molecule has 1 saturated heterocycles. The van der Waals surface area contributed by atoms with Crippen molar-refractivity contribution in [3.63, 3.8) is 0 Å². The number of nitrogens with zero attached hydrogens (tertiary/aromatic N) is 2. The first-order valence-electron chi connectivity index (χ1n) is 10.7. The summed E-state index contributed by atoms with van der Waals surface area (Å²) in [6.07, 6.45) is -5.23. The van der Waals surface area contributed by atoms with Gasteiger partial charge in [0.2, 0.25) is 0 Å². The summed E-state index contributed by atoms with van der Waals surface area (Å²) in [5, 5.41) is 16.6. The first-order chi connectivity index (χ1) is 16.4. The highest BCUT2D eigenvalue weighted by molar-refractivity contribution is 5.82. The Hall–Kier alpha value is -3.60. The lowest BCUT2D eigenvalue weighted by molar-refractivity contribution is -0.192. The van der Waals surface area contributed by atoms with Gasteiger partial charge in [-0.15, -0.1) is 0 Å². The molecular weight excluding hydrogens is 469 g/mol. The van der Waals surface area contributed by atoms with Crippen LogP contribution in [0.1, 0.15) is 23.5 Å². The molecule has 11 heteroatoms. The van der Waals surface area contributed by atoms with E-state index in [-0.39, 0.29) is 18.6 Å². The number of rotatable bonds is 4. The van der Waals surface area contributed by atoms with Gasteiger partial charge in [-0.2, -0.15) is 13.2 Å². The van der Waals surface area contributed by atoms with Crippen molar-refractivity contribution in [1.29, 1.82) is 0 Å². The molecule has 4 rings (SSSR count). The topological polar surface area (TPSA) is 107 Å². The third-order valence-corrected chi connectivity index (χ3v) is 6.11. The van der Waals surface area contributed by atoms with E-state index in [0.717, 1.165) is 22.3 Å². The molecule has 2 aromatic rings. The second-order valence-electron chi connectivity index (χ2n) is 8.47. The number of alkyl halides is 3. The van der Waals surface area contributed by atoms with E-state index in [1.165, 1.54) is 4.90 Å². The van der Waals surface area contributed by atoms with Gasteiger partial charge in [0, 0.05) is 18.5 Å². The standard InChI is InChI=1S/C22H24N2O4.C2HF3O2/c1-23(2)14-11-20(21(25)26)24(12-14)22(27)28-13-19-17-9-5-3-7-15(17)16-8-4-6-10-18(16)19;3-2(4,5)1(6)7/h3-10,14,19-20H,11-13H2,1-2H3,(H,25,26);(H,6,7)/t14-,20+;/m0./s1. The van der Waals surface area contributed by atoms with Crippen molar-refractivity contribution in [2.75, 3.05) is 27.2 Å². The number of carboxylic acid groups (broad SMARTS) is 2. The van der Waals surface area contributed by atoms with Crippen molar-refractivity contribution >= 4 is 18.0 Å². The van der Waals surface area contributed by atoms with Crippen molar-refractivity contribution in [3.8, 4) is 11.1 Å². The molecule has 1 aliphatic carbocycles. The summed E-state index contributed by atoms with van der Waals surface area (Å²) in [5.41, 5.74) is 4.60. The van der Waals surface area contributed by atoms with Gasteiger partial charge in [0.1, 0.15) is 12.6 Å². The molecule has 1 heterocycles. The number of aliphatic carboxylic acids is 2. The smallest absolute Gasteiger partial charge is 0.480 e. The number of carbonyl (C=O) groups is 3. The zero-order valence-corrected chi connectivity index (χ0v) is 19.0. The van der Waals surface area contributed by atoms with Crippen molar-refractivity contribution in [3.05, 3.63) is 59.7 Å². The Labute approximate surface area is 199 Å². The van der Waals surface area contributed by atoms with E-state index in [1.807, 2.05) is 43.3 Å². The van der Waals surface area contributed by atoms with Gasteiger partial charge in [0.15, 0.2) is 0 Å². The number of halogens is 3. The van der Waals surface area contributed by atoms with Gasteiger partial charge in [-0.25, -0.2) is 14.4 Å². The van der Waals surface area contributed by atoms with E-state index < -0.39 is 30.2 Å². The SMILES string of the molecule is CN(C)[C@H]1C[C@H](C(=O)O)N(C(=O)OCC2c3ccccc3-c3ccccc32)C1.O=C(O)C(F)(F)F. The van der Waals surface area contributed by atoms with E-state index >= 15 is 0 Å². The molecule has 35 heavy (non-hydrogen) atoms. The largest absolute Gasteiger partial charge is 0.490 e. The minimum atomic E-state index is -5.08. The van der Waals surface area contributed by atoms with Crippen LogP contribution in [0, 0.1) is 0 Å². The highest BCUT2D eigenvalue weighted by Crippen LogP contribution is 2.44. The predicted molar refractivity (Wildman–Crippen MR) is 119 cm³/mol. The summed E-state index contributed by atoms with van der Waals surface area (Å²) < 4.78 is 37.4. The molecule has 8 nitrogen and oxygen atoms in total. The maximum atomic E-state index is 12.7. The van der Waals surface area contributed by atoms with Gasteiger partial charge in [-0.1, -0.05) is 48.5 Å². The highest BCUT2D eigenvalue weighted by Gasteiger charge is 2.42.